The van der Waals surface area contributed by atoms with E-state index in [9.17, 15) is 10.2 Å². The predicted molar refractivity (Wildman–Crippen MR) is 136 cm³/mol. The topological polar surface area (TPSA) is 46.9 Å². The minimum Gasteiger partial charge on any atom is -1.00 e. The zero-order chi connectivity index (χ0) is 23.3. The summed E-state index contributed by atoms with van der Waals surface area (Å²) in [6.07, 6.45) is 0. The Hall–Kier alpha value is -0.197. The first kappa shape index (κ1) is 37.4. The number of anilines is 2. The summed E-state index contributed by atoms with van der Waals surface area (Å²) in [6, 6.07) is 11.7. The molecule has 33 heavy (non-hydrogen) atoms. The molecule has 2 aromatic carbocycles. The van der Waals surface area contributed by atoms with Crippen LogP contribution in [-0.4, -0.2) is 47.9 Å². The number of nitrogens with zero attached hydrogens (tertiary/aromatic N) is 2. The van der Waals surface area contributed by atoms with E-state index in [0.29, 0.717) is 11.5 Å². The summed E-state index contributed by atoms with van der Waals surface area (Å²) in [6.45, 7) is 12.8. The van der Waals surface area contributed by atoms with Crippen molar-refractivity contribution in [3.05, 3.63) is 36.4 Å². The molecule has 0 atom stereocenters. The molecule has 0 aliphatic heterocycles. The molecule has 0 unspecified atom stereocenters. The average molecular weight is 613 g/mol. The van der Waals surface area contributed by atoms with E-state index < -0.39 is 0 Å². The molecule has 0 aliphatic rings. The fourth-order valence-electron chi connectivity index (χ4n) is 2.57. The summed E-state index contributed by atoms with van der Waals surface area (Å²) in [5, 5.41) is 20.1. The van der Waals surface area contributed by atoms with E-state index in [0.717, 1.165) is 21.2 Å². The van der Waals surface area contributed by atoms with Crippen molar-refractivity contribution in [3.8, 4) is 11.5 Å². The third-order valence-electron chi connectivity index (χ3n) is 3.75. The molecule has 0 bridgehead atoms. The number of halogens is 2. The SMILES string of the molecule is CN(C)c1cccc(SC(C)(C)C)c1O.CN(C)c1cccc(SC(C)(C)C)c1O.[Cl-].[Cl-].[Zr+2]. The predicted octanol–water partition coefficient (Wildman–Crippen LogP) is 0.703. The number of hydrogen-bond acceptors (Lipinski definition) is 6. The van der Waals surface area contributed by atoms with Gasteiger partial charge < -0.3 is 44.8 Å². The summed E-state index contributed by atoms with van der Waals surface area (Å²) in [5.41, 5.74) is 1.73. The normalized spacial score (nSPS) is 10.5. The molecule has 0 radical (unpaired) electrons. The quantitative estimate of drug-likeness (QED) is 0.497. The van der Waals surface area contributed by atoms with Gasteiger partial charge >= 0.3 is 26.2 Å². The third-order valence-corrected chi connectivity index (χ3v) is 6.07. The van der Waals surface area contributed by atoms with E-state index in [2.05, 4.69) is 41.5 Å². The largest absolute Gasteiger partial charge is 2.00 e. The molecule has 186 valence electrons. The van der Waals surface area contributed by atoms with Crippen LogP contribution >= 0.6 is 23.5 Å². The van der Waals surface area contributed by atoms with Crippen molar-refractivity contribution in [1.29, 1.82) is 0 Å². The van der Waals surface area contributed by atoms with Gasteiger partial charge in [-0.1, -0.05) is 53.7 Å². The Labute approximate surface area is 241 Å². The molecule has 9 heteroatoms. The van der Waals surface area contributed by atoms with Crippen molar-refractivity contribution >= 4 is 34.9 Å². The molecule has 0 spiro atoms. The van der Waals surface area contributed by atoms with E-state index in [1.807, 2.05) is 74.4 Å². The second kappa shape index (κ2) is 15.7. The number of rotatable bonds is 4. The molecule has 0 amide bonds. The average Bonchev–Trinajstić information content (AvgIpc) is 2.56. The minimum absolute atomic E-state index is 0. The number of thioether (sulfide) groups is 2. The van der Waals surface area contributed by atoms with Gasteiger partial charge in [0.1, 0.15) is 0 Å². The van der Waals surface area contributed by atoms with Crippen LogP contribution in [0.25, 0.3) is 0 Å². The zero-order valence-corrected chi connectivity index (χ0v) is 26.9. The molecule has 2 N–H and O–H groups in total. The van der Waals surface area contributed by atoms with Gasteiger partial charge in [0.05, 0.1) is 21.2 Å². The Bertz CT molecular complexity index is 771. The number of phenols is 2. The van der Waals surface area contributed by atoms with Gasteiger partial charge in [-0.25, -0.2) is 0 Å². The Morgan fingerprint density at radius 1 is 0.606 bits per heavy atom. The second-order valence-corrected chi connectivity index (χ2v) is 13.2. The van der Waals surface area contributed by atoms with E-state index in [-0.39, 0.29) is 60.5 Å². The summed E-state index contributed by atoms with van der Waals surface area (Å²) in [5.74, 6) is 0.754. The minimum atomic E-state index is 0. The molecule has 2 aromatic rings. The standard InChI is InChI=1S/2C12H19NOS.2ClH.Zr/c2*1-12(2,3)15-10-8-6-7-9(11(10)14)13(4)5;;;/h2*6-8,14H,1-5H3;2*1H;/q;;;;+2/p-2. The molecule has 0 fully saturated rings. The maximum Gasteiger partial charge on any atom is 2.00 e. The van der Waals surface area contributed by atoms with Gasteiger partial charge in [-0.15, -0.1) is 23.5 Å². The fraction of sp³-hybridized carbons (Fsp3) is 0.500. The van der Waals surface area contributed by atoms with Gasteiger partial charge in [0.2, 0.25) is 0 Å². The molecule has 4 nitrogen and oxygen atoms in total. The van der Waals surface area contributed by atoms with Crippen LogP contribution in [0.2, 0.25) is 0 Å². The van der Waals surface area contributed by atoms with Gasteiger partial charge in [-0.3, -0.25) is 0 Å². The van der Waals surface area contributed by atoms with E-state index in [1.54, 1.807) is 23.5 Å². The van der Waals surface area contributed by atoms with Crippen molar-refractivity contribution in [2.24, 2.45) is 0 Å². The summed E-state index contributed by atoms with van der Waals surface area (Å²) < 4.78 is 0.227. The number of para-hydroxylation sites is 2. The third kappa shape index (κ3) is 13.5. The number of phenolic OH excluding ortho intramolecular Hbond substituents is 2. The molecular formula is C24H38Cl2N2O2S2Zr. The maximum atomic E-state index is 10.1. The van der Waals surface area contributed by atoms with Crippen LogP contribution < -0.4 is 34.6 Å². The molecule has 0 saturated carbocycles. The van der Waals surface area contributed by atoms with Crippen LogP contribution in [-0.2, 0) is 26.2 Å². The van der Waals surface area contributed by atoms with Crippen LogP contribution in [0.1, 0.15) is 41.5 Å². The zero-order valence-electron chi connectivity index (χ0n) is 21.3. The van der Waals surface area contributed by atoms with Crippen molar-refractivity contribution in [1.82, 2.24) is 0 Å². The molecule has 2 rings (SSSR count). The van der Waals surface area contributed by atoms with Crippen molar-refractivity contribution < 1.29 is 61.2 Å². The molecule has 0 aliphatic carbocycles. The second-order valence-electron chi connectivity index (χ2n) is 9.47. The maximum absolute atomic E-state index is 10.1. The van der Waals surface area contributed by atoms with Gasteiger partial charge in [-0.05, 0) is 24.3 Å². The molecule has 0 aromatic heterocycles. The number of aromatic hydroxyl groups is 2. The number of benzene rings is 2. The van der Waals surface area contributed by atoms with E-state index in [4.69, 9.17) is 0 Å². The summed E-state index contributed by atoms with van der Waals surface area (Å²) in [7, 11) is 7.72. The molecule has 0 heterocycles. The van der Waals surface area contributed by atoms with E-state index >= 15 is 0 Å². The van der Waals surface area contributed by atoms with Crippen LogP contribution in [0.3, 0.4) is 0 Å². The van der Waals surface area contributed by atoms with Crippen LogP contribution in [0.5, 0.6) is 11.5 Å². The summed E-state index contributed by atoms with van der Waals surface area (Å²) in [4.78, 5) is 5.71. The Morgan fingerprint density at radius 2 is 0.879 bits per heavy atom. The van der Waals surface area contributed by atoms with Crippen molar-refractivity contribution in [3.63, 3.8) is 0 Å². The molecule has 0 saturated heterocycles. The Morgan fingerprint density at radius 3 is 1.09 bits per heavy atom. The fourth-order valence-corrected chi connectivity index (χ4v) is 4.58. The monoisotopic (exact) mass is 610 g/mol. The van der Waals surface area contributed by atoms with Crippen LogP contribution in [0, 0.1) is 0 Å². The smallest absolute Gasteiger partial charge is 1.00 e. The van der Waals surface area contributed by atoms with Gasteiger partial charge in [0.25, 0.3) is 0 Å². The van der Waals surface area contributed by atoms with Crippen LogP contribution in [0.4, 0.5) is 11.4 Å². The number of hydrogen-bond donors (Lipinski definition) is 2. The molecular weight excluding hydrogens is 575 g/mol. The first-order valence-electron chi connectivity index (χ1n) is 9.99. The van der Waals surface area contributed by atoms with E-state index in [1.165, 1.54) is 0 Å². The summed E-state index contributed by atoms with van der Waals surface area (Å²) >= 11 is 3.36. The van der Waals surface area contributed by atoms with Crippen LogP contribution in [0.15, 0.2) is 46.2 Å². The van der Waals surface area contributed by atoms with Crippen molar-refractivity contribution in [2.75, 3.05) is 38.0 Å². The van der Waals surface area contributed by atoms with Gasteiger partial charge in [0, 0.05) is 37.7 Å². The first-order valence-corrected chi connectivity index (χ1v) is 11.6. The van der Waals surface area contributed by atoms with Gasteiger partial charge in [-0.2, -0.15) is 0 Å². The first-order chi connectivity index (χ1) is 13.6. The Kier molecular flexibility index (Phi) is 17.8. The van der Waals surface area contributed by atoms with Gasteiger partial charge in [0.15, 0.2) is 11.5 Å². The Balaban J connectivity index is -0.000000500. The van der Waals surface area contributed by atoms with Crippen molar-refractivity contribution in [2.45, 2.75) is 60.8 Å².